The molecular formula is C32H33N5O2. The summed E-state index contributed by atoms with van der Waals surface area (Å²) in [5, 5.41) is 18.9. The van der Waals surface area contributed by atoms with Gasteiger partial charge in [0.2, 0.25) is 0 Å². The van der Waals surface area contributed by atoms with Crippen LogP contribution in [-0.2, 0) is 0 Å². The van der Waals surface area contributed by atoms with Gasteiger partial charge in [-0.05, 0) is 55.3 Å². The zero-order chi connectivity index (χ0) is 27.4. The molecule has 0 radical (unpaired) electrons. The summed E-state index contributed by atoms with van der Waals surface area (Å²) in [7, 11) is 0. The first kappa shape index (κ1) is 26.1. The van der Waals surface area contributed by atoms with E-state index in [1.54, 1.807) is 0 Å². The van der Waals surface area contributed by atoms with Gasteiger partial charge < -0.3 is 19.4 Å². The number of para-hydroxylation sites is 2. The molecule has 7 heteroatoms. The Kier molecular flexibility index (Phi) is 7.70. The predicted molar refractivity (Wildman–Crippen MR) is 152 cm³/mol. The van der Waals surface area contributed by atoms with Crippen molar-refractivity contribution in [3.05, 3.63) is 88.5 Å². The smallest absolute Gasteiger partial charge is 0.254 e. The van der Waals surface area contributed by atoms with Gasteiger partial charge in [-0.15, -0.1) is 0 Å². The summed E-state index contributed by atoms with van der Waals surface area (Å²) in [4.78, 5) is 19.9. The van der Waals surface area contributed by atoms with E-state index in [2.05, 4.69) is 21.9 Å². The monoisotopic (exact) mass is 519 g/mol. The van der Waals surface area contributed by atoms with Crippen LogP contribution in [0.5, 0.6) is 5.75 Å². The number of nitriles is 2. The van der Waals surface area contributed by atoms with Gasteiger partial charge in [-0.2, -0.15) is 10.5 Å². The third kappa shape index (κ3) is 5.54. The number of amides is 1. The quantitative estimate of drug-likeness (QED) is 0.469. The predicted octanol–water partition coefficient (Wildman–Crippen LogP) is 5.06. The van der Waals surface area contributed by atoms with Crippen LogP contribution in [-0.4, -0.2) is 56.2 Å². The SMILES string of the molecule is Cc1cc(C)c(C(=O)N2CCN(c3ccccc3C#N)CC2)cc1OC1CCN(c2ccccc2C#N)CC1. The van der Waals surface area contributed by atoms with Crippen molar-refractivity contribution in [1.29, 1.82) is 10.5 Å². The van der Waals surface area contributed by atoms with Crippen LogP contribution in [0.4, 0.5) is 11.4 Å². The molecule has 39 heavy (non-hydrogen) atoms. The van der Waals surface area contributed by atoms with E-state index in [1.165, 1.54) is 0 Å². The molecule has 0 unspecified atom stereocenters. The Labute approximate surface area is 230 Å². The summed E-state index contributed by atoms with van der Waals surface area (Å²) < 4.78 is 6.46. The van der Waals surface area contributed by atoms with Crippen LogP contribution in [0.2, 0.25) is 0 Å². The number of carbonyl (C=O) groups is 1. The number of carbonyl (C=O) groups excluding carboxylic acids is 1. The number of piperidine rings is 1. The fourth-order valence-corrected chi connectivity index (χ4v) is 5.59. The van der Waals surface area contributed by atoms with E-state index in [0.717, 1.165) is 54.2 Å². The molecule has 1 amide bonds. The summed E-state index contributed by atoms with van der Waals surface area (Å²) in [5.41, 5.74) is 5.93. The number of ether oxygens (including phenoxy) is 1. The molecule has 3 aromatic rings. The topological polar surface area (TPSA) is 83.6 Å². The third-order valence-corrected chi connectivity index (χ3v) is 7.79. The van der Waals surface area contributed by atoms with Crippen molar-refractivity contribution >= 4 is 17.3 Å². The number of rotatable bonds is 5. The minimum atomic E-state index is 0.0218. The molecule has 0 aliphatic carbocycles. The lowest BCUT2D eigenvalue weighted by atomic mass is 10.0. The highest BCUT2D eigenvalue weighted by molar-refractivity contribution is 5.96. The molecule has 0 saturated carbocycles. The minimum absolute atomic E-state index is 0.0218. The van der Waals surface area contributed by atoms with Gasteiger partial charge in [-0.3, -0.25) is 4.79 Å². The Hall–Kier alpha value is -4.49. The Bertz CT molecular complexity index is 1440. The zero-order valence-corrected chi connectivity index (χ0v) is 22.6. The fraction of sp³-hybridized carbons (Fsp3) is 0.344. The second-order valence-corrected chi connectivity index (χ2v) is 10.3. The highest BCUT2D eigenvalue weighted by Crippen LogP contribution is 2.30. The summed E-state index contributed by atoms with van der Waals surface area (Å²) in [6, 6.07) is 23.9. The van der Waals surface area contributed by atoms with Crippen molar-refractivity contribution in [3.8, 4) is 17.9 Å². The van der Waals surface area contributed by atoms with Gasteiger partial charge in [0.25, 0.3) is 5.91 Å². The van der Waals surface area contributed by atoms with Crippen LogP contribution in [0.3, 0.4) is 0 Å². The van der Waals surface area contributed by atoms with Gasteiger partial charge in [-0.1, -0.05) is 30.3 Å². The summed E-state index contributed by atoms with van der Waals surface area (Å²) >= 11 is 0. The highest BCUT2D eigenvalue weighted by atomic mass is 16.5. The van der Waals surface area contributed by atoms with Gasteiger partial charge in [-0.25, -0.2) is 0 Å². The molecule has 2 aliphatic heterocycles. The fourth-order valence-electron chi connectivity index (χ4n) is 5.59. The molecule has 0 bridgehead atoms. The van der Waals surface area contributed by atoms with Crippen molar-refractivity contribution in [2.75, 3.05) is 49.1 Å². The zero-order valence-electron chi connectivity index (χ0n) is 22.6. The molecule has 0 atom stereocenters. The number of benzene rings is 3. The minimum Gasteiger partial charge on any atom is -0.490 e. The number of nitrogens with zero attached hydrogens (tertiary/aromatic N) is 5. The molecule has 3 aromatic carbocycles. The summed E-state index contributed by atoms with van der Waals surface area (Å²) in [6.45, 7) is 8.22. The van der Waals surface area contributed by atoms with Gasteiger partial charge in [0.15, 0.2) is 0 Å². The first-order chi connectivity index (χ1) is 19.0. The van der Waals surface area contributed by atoms with Crippen molar-refractivity contribution < 1.29 is 9.53 Å². The van der Waals surface area contributed by atoms with Gasteiger partial charge in [0.1, 0.15) is 24.0 Å². The number of hydrogen-bond donors (Lipinski definition) is 0. The van der Waals surface area contributed by atoms with Gasteiger partial charge in [0.05, 0.1) is 22.5 Å². The highest BCUT2D eigenvalue weighted by Gasteiger charge is 2.27. The van der Waals surface area contributed by atoms with E-state index < -0.39 is 0 Å². The van der Waals surface area contributed by atoms with Crippen molar-refractivity contribution in [3.63, 3.8) is 0 Å². The normalized spacial score (nSPS) is 15.9. The van der Waals surface area contributed by atoms with Gasteiger partial charge >= 0.3 is 0 Å². The Morgan fingerprint density at radius 2 is 1.31 bits per heavy atom. The van der Waals surface area contributed by atoms with E-state index in [-0.39, 0.29) is 12.0 Å². The molecular weight excluding hydrogens is 486 g/mol. The Morgan fingerprint density at radius 3 is 1.87 bits per heavy atom. The molecule has 2 fully saturated rings. The third-order valence-electron chi connectivity index (χ3n) is 7.79. The average Bonchev–Trinajstić information content (AvgIpc) is 2.98. The van der Waals surface area contributed by atoms with E-state index in [9.17, 15) is 15.3 Å². The molecule has 2 heterocycles. The van der Waals surface area contributed by atoms with Crippen LogP contribution in [0.25, 0.3) is 0 Å². The molecule has 0 spiro atoms. The molecule has 2 saturated heterocycles. The summed E-state index contributed by atoms with van der Waals surface area (Å²) in [6.07, 6.45) is 1.76. The molecule has 0 N–H and O–H groups in total. The number of anilines is 2. The molecule has 198 valence electrons. The molecule has 2 aliphatic rings. The van der Waals surface area contributed by atoms with Gasteiger partial charge in [0, 0.05) is 57.7 Å². The Morgan fingerprint density at radius 1 is 0.769 bits per heavy atom. The van der Waals surface area contributed by atoms with Crippen LogP contribution in [0.1, 0.15) is 45.5 Å². The number of hydrogen-bond acceptors (Lipinski definition) is 6. The van der Waals surface area contributed by atoms with Crippen LogP contribution in [0.15, 0.2) is 60.7 Å². The standard InChI is InChI=1S/C32H33N5O2/c1-23-19-24(2)31(39-27-11-13-35(14-12-27)29-9-5-3-7-25(29)21-33)20-28(23)32(38)37-17-15-36(16-18-37)30-10-6-4-8-26(30)22-34/h3-10,19-20,27H,11-18H2,1-2H3. The van der Waals surface area contributed by atoms with E-state index >= 15 is 0 Å². The van der Waals surface area contributed by atoms with Crippen LogP contribution in [0, 0.1) is 36.5 Å². The Balaban J connectivity index is 1.23. The maximum Gasteiger partial charge on any atom is 0.254 e. The van der Waals surface area contributed by atoms with E-state index in [1.807, 2.05) is 79.4 Å². The second kappa shape index (κ2) is 11.5. The maximum atomic E-state index is 13.6. The molecule has 0 aromatic heterocycles. The lowest BCUT2D eigenvalue weighted by Crippen LogP contribution is -2.49. The number of piperazine rings is 1. The van der Waals surface area contributed by atoms with Crippen molar-refractivity contribution in [2.24, 2.45) is 0 Å². The number of aryl methyl sites for hydroxylation is 2. The lowest BCUT2D eigenvalue weighted by molar-refractivity contribution is 0.0745. The first-order valence-corrected chi connectivity index (χ1v) is 13.5. The molecule has 7 nitrogen and oxygen atoms in total. The largest absolute Gasteiger partial charge is 0.490 e. The first-order valence-electron chi connectivity index (χ1n) is 13.5. The van der Waals surface area contributed by atoms with Crippen LogP contribution < -0.4 is 14.5 Å². The average molecular weight is 520 g/mol. The van der Waals surface area contributed by atoms with Crippen molar-refractivity contribution in [2.45, 2.75) is 32.8 Å². The van der Waals surface area contributed by atoms with E-state index in [4.69, 9.17) is 4.74 Å². The lowest BCUT2D eigenvalue weighted by Gasteiger charge is -2.37. The maximum absolute atomic E-state index is 13.6. The summed E-state index contributed by atoms with van der Waals surface area (Å²) in [5.74, 6) is 0.787. The molecule has 5 rings (SSSR count). The second-order valence-electron chi connectivity index (χ2n) is 10.3. The van der Waals surface area contributed by atoms with Crippen molar-refractivity contribution in [1.82, 2.24) is 4.90 Å². The van der Waals surface area contributed by atoms with Crippen LogP contribution >= 0.6 is 0 Å². The van der Waals surface area contributed by atoms with E-state index in [0.29, 0.717) is 42.9 Å².